The fourth-order valence-corrected chi connectivity index (χ4v) is 3.00. The van der Waals surface area contributed by atoms with E-state index in [1.165, 1.54) is 32.2 Å². The molecule has 1 heterocycles. The standard InChI is InChI=1S/C17H36N2O/c1-5-8-16(13-18-12-15(3)4)19-10-7-9-17(14-19)20-11-6-2/h15-18H,5-14H2,1-4H3. The number of nitrogens with one attached hydrogen (secondary N) is 1. The van der Waals surface area contributed by atoms with Crippen LogP contribution in [0.1, 0.15) is 59.8 Å². The lowest BCUT2D eigenvalue weighted by molar-refractivity contribution is -0.0135. The Hall–Kier alpha value is -0.120. The van der Waals surface area contributed by atoms with Gasteiger partial charge in [0.25, 0.3) is 0 Å². The number of hydrogen-bond donors (Lipinski definition) is 1. The lowest BCUT2D eigenvalue weighted by atomic mass is 10.0. The maximum absolute atomic E-state index is 5.97. The number of likely N-dealkylation sites (tertiary alicyclic amines) is 1. The number of piperidine rings is 1. The van der Waals surface area contributed by atoms with Crippen molar-refractivity contribution in [2.24, 2.45) is 5.92 Å². The van der Waals surface area contributed by atoms with Crippen LogP contribution >= 0.6 is 0 Å². The molecule has 1 N–H and O–H groups in total. The van der Waals surface area contributed by atoms with Gasteiger partial charge in [0, 0.05) is 25.7 Å². The summed E-state index contributed by atoms with van der Waals surface area (Å²) in [7, 11) is 0. The van der Waals surface area contributed by atoms with E-state index in [9.17, 15) is 0 Å². The van der Waals surface area contributed by atoms with Crippen LogP contribution in [-0.4, -0.2) is 49.8 Å². The smallest absolute Gasteiger partial charge is 0.0702 e. The summed E-state index contributed by atoms with van der Waals surface area (Å²) >= 11 is 0. The van der Waals surface area contributed by atoms with Crippen LogP contribution in [-0.2, 0) is 4.74 Å². The minimum atomic E-state index is 0.466. The molecule has 20 heavy (non-hydrogen) atoms. The minimum absolute atomic E-state index is 0.466. The lowest BCUT2D eigenvalue weighted by Crippen LogP contribution is -2.49. The van der Waals surface area contributed by atoms with Crippen molar-refractivity contribution in [3.05, 3.63) is 0 Å². The van der Waals surface area contributed by atoms with Gasteiger partial charge in [-0.15, -0.1) is 0 Å². The van der Waals surface area contributed by atoms with Gasteiger partial charge in [-0.05, 0) is 44.7 Å². The second kappa shape index (κ2) is 10.6. The van der Waals surface area contributed by atoms with Crippen molar-refractivity contribution in [3.8, 4) is 0 Å². The van der Waals surface area contributed by atoms with Crippen LogP contribution in [0.2, 0.25) is 0 Å². The molecule has 1 saturated heterocycles. The fourth-order valence-electron chi connectivity index (χ4n) is 3.00. The van der Waals surface area contributed by atoms with Crippen LogP contribution in [0.4, 0.5) is 0 Å². The molecular formula is C17H36N2O. The van der Waals surface area contributed by atoms with Gasteiger partial charge in [-0.1, -0.05) is 34.1 Å². The van der Waals surface area contributed by atoms with E-state index in [1.807, 2.05) is 0 Å². The van der Waals surface area contributed by atoms with Gasteiger partial charge < -0.3 is 10.1 Å². The van der Waals surface area contributed by atoms with E-state index in [4.69, 9.17) is 4.74 Å². The van der Waals surface area contributed by atoms with Crippen molar-refractivity contribution >= 4 is 0 Å². The normalized spacial score (nSPS) is 22.4. The van der Waals surface area contributed by atoms with Crippen molar-refractivity contribution in [1.82, 2.24) is 10.2 Å². The molecule has 120 valence electrons. The summed E-state index contributed by atoms with van der Waals surface area (Å²) in [5.41, 5.74) is 0. The first-order chi connectivity index (χ1) is 9.67. The average Bonchev–Trinajstić information content (AvgIpc) is 2.44. The molecular weight excluding hydrogens is 248 g/mol. The van der Waals surface area contributed by atoms with Crippen molar-refractivity contribution in [1.29, 1.82) is 0 Å². The molecule has 2 unspecified atom stereocenters. The quantitative estimate of drug-likeness (QED) is 0.666. The van der Waals surface area contributed by atoms with Crippen LogP contribution in [0.5, 0.6) is 0 Å². The summed E-state index contributed by atoms with van der Waals surface area (Å²) in [4.78, 5) is 2.67. The summed E-state index contributed by atoms with van der Waals surface area (Å²) in [6, 6.07) is 0.687. The molecule has 0 spiro atoms. The van der Waals surface area contributed by atoms with E-state index < -0.39 is 0 Å². The molecule has 1 fully saturated rings. The summed E-state index contributed by atoms with van der Waals surface area (Å²) < 4.78 is 5.97. The van der Waals surface area contributed by atoms with Gasteiger partial charge in [-0.2, -0.15) is 0 Å². The predicted molar refractivity (Wildman–Crippen MR) is 87.2 cm³/mol. The number of rotatable bonds is 10. The van der Waals surface area contributed by atoms with Crippen molar-refractivity contribution in [3.63, 3.8) is 0 Å². The van der Waals surface area contributed by atoms with Crippen LogP contribution in [0.3, 0.4) is 0 Å². The largest absolute Gasteiger partial charge is 0.377 e. The SMILES string of the molecule is CCCOC1CCCN(C(CCC)CNCC(C)C)C1. The van der Waals surface area contributed by atoms with E-state index in [-0.39, 0.29) is 0 Å². The summed E-state index contributed by atoms with van der Waals surface area (Å²) in [6.07, 6.45) is 6.70. The molecule has 1 aliphatic heterocycles. The molecule has 0 amide bonds. The zero-order chi connectivity index (χ0) is 14.8. The zero-order valence-corrected chi connectivity index (χ0v) is 14.2. The number of ether oxygens (including phenoxy) is 1. The van der Waals surface area contributed by atoms with Crippen molar-refractivity contribution in [2.45, 2.75) is 71.9 Å². The highest BCUT2D eigenvalue weighted by molar-refractivity contribution is 4.81. The maximum atomic E-state index is 5.97. The first-order valence-corrected chi connectivity index (χ1v) is 8.73. The summed E-state index contributed by atoms with van der Waals surface area (Å²) in [5, 5.41) is 3.64. The molecule has 0 saturated carbocycles. The van der Waals surface area contributed by atoms with Crippen LogP contribution < -0.4 is 5.32 Å². The van der Waals surface area contributed by atoms with Gasteiger partial charge in [-0.25, -0.2) is 0 Å². The predicted octanol–water partition coefficient (Wildman–Crippen LogP) is 3.29. The fraction of sp³-hybridized carbons (Fsp3) is 1.00. The van der Waals surface area contributed by atoms with Crippen molar-refractivity contribution in [2.75, 3.05) is 32.8 Å². The first-order valence-electron chi connectivity index (χ1n) is 8.73. The Kier molecular flexibility index (Phi) is 9.49. The Bertz CT molecular complexity index is 233. The molecule has 0 aliphatic carbocycles. The van der Waals surface area contributed by atoms with E-state index in [0.717, 1.165) is 38.6 Å². The second-order valence-corrected chi connectivity index (χ2v) is 6.62. The monoisotopic (exact) mass is 284 g/mol. The van der Waals surface area contributed by atoms with Gasteiger partial charge in [-0.3, -0.25) is 4.90 Å². The highest BCUT2D eigenvalue weighted by atomic mass is 16.5. The Morgan fingerprint density at radius 3 is 2.65 bits per heavy atom. The minimum Gasteiger partial charge on any atom is -0.377 e. The van der Waals surface area contributed by atoms with Crippen LogP contribution in [0.15, 0.2) is 0 Å². The third-order valence-corrected chi connectivity index (χ3v) is 4.04. The Morgan fingerprint density at radius 2 is 2.00 bits per heavy atom. The third kappa shape index (κ3) is 7.05. The van der Waals surface area contributed by atoms with Gasteiger partial charge in [0.2, 0.25) is 0 Å². The van der Waals surface area contributed by atoms with E-state index in [2.05, 4.69) is 37.9 Å². The lowest BCUT2D eigenvalue weighted by Gasteiger charge is -2.38. The average molecular weight is 284 g/mol. The molecule has 0 radical (unpaired) electrons. The molecule has 0 aromatic heterocycles. The highest BCUT2D eigenvalue weighted by Crippen LogP contribution is 2.18. The van der Waals surface area contributed by atoms with Gasteiger partial charge in [0.15, 0.2) is 0 Å². The Morgan fingerprint density at radius 1 is 1.20 bits per heavy atom. The third-order valence-electron chi connectivity index (χ3n) is 4.04. The Balaban J connectivity index is 2.39. The molecule has 0 aromatic carbocycles. The van der Waals surface area contributed by atoms with Crippen LogP contribution in [0.25, 0.3) is 0 Å². The molecule has 1 aliphatic rings. The molecule has 0 bridgehead atoms. The molecule has 0 aromatic rings. The Labute approximate surface area is 126 Å². The van der Waals surface area contributed by atoms with E-state index in [0.29, 0.717) is 12.1 Å². The molecule has 1 rings (SSSR count). The van der Waals surface area contributed by atoms with Gasteiger partial charge >= 0.3 is 0 Å². The second-order valence-electron chi connectivity index (χ2n) is 6.62. The van der Waals surface area contributed by atoms with E-state index in [1.54, 1.807) is 0 Å². The maximum Gasteiger partial charge on any atom is 0.0702 e. The topological polar surface area (TPSA) is 24.5 Å². The number of nitrogens with zero attached hydrogens (tertiary/aromatic N) is 1. The van der Waals surface area contributed by atoms with Gasteiger partial charge in [0.1, 0.15) is 0 Å². The summed E-state index contributed by atoms with van der Waals surface area (Å²) in [5.74, 6) is 0.735. The van der Waals surface area contributed by atoms with E-state index >= 15 is 0 Å². The van der Waals surface area contributed by atoms with Gasteiger partial charge in [0.05, 0.1) is 6.10 Å². The molecule has 3 heteroatoms. The number of hydrogen-bond acceptors (Lipinski definition) is 3. The van der Waals surface area contributed by atoms with Crippen molar-refractivity contribution < 1.29 is 4.74 Å². The summed E-state index contributed by atoms with van der Waals surface area (Å²) in [6.45, 7) is 14.6. The van der Waals surface area contributed by atoms with Crippen LogP contribution in [0, 0.1) is 5.92 Å². The highest BCUT2D eigenvalue weighted by Gasteiger charge is 2.25. The molecule has 2 atom stereocenters. The first kappa shape index (κ1) is 17.9. The zero-order valence-electron chi connectivity index (χ0n) is 14.2. The molecule has 3 nitrogen and oxygen atoms in total.